The highest BCUT2D eigenvalue weighted by molar-refractivity contribution is 7.12. The molecule has 0 unspecified atom stereocenters. The topological polar surface area (TPSA) is 68.3 Å². The third-order valence-electron chi connectivity index (χ3n) is 2.47. The SMILES string of the molecule is Cc1ccoc1C(=O)NCc1ccc(C#CCN)s1. The maximum Gasteiger partial charge on any atom is 0.287 e. The number of nitrogens with one attached hydrogen (secondary N) is 1. The molecule has 0 aliphatic heterocycles. The average Bonchev–Trinajstić information content (AvgIpc) is 3.02. The molecule has 2 aromatic rings. The van der Waals surface area contributed by atoms with Gasteiger partial charge in [-0.2, -0.15) is 0 Å². The first-order valence-corrected chi connectivity index (χ1v) is 6.62. The Hall–Kier alpha value is -2.03. The zero-order valence-electron chi connectivity index (χ0n) is 10.5. The number of carbonyl (C=O) groups excluding carboxylic acids is 1. The summed E-state index contributed by atoms with van der Waals surface area (Å²) in [6, 6.07) is 5.63. The van der Waals surface area contributed by atoms with Crippen LogP contribution in [0, 0.1) is 18.8 Å². The molecule has 0 aliphatic carbocycles. The van der Waals surface area contributed by atoms with Crippen molar-refractivity contribution >= 4 is 17.2 Å². The van der Waals surface area contributed by atoms with Crippen LogP contribution in [0.3, 0.4) is 0 Å². The van der Waals surface area contributed by atoms with E-state index >= 15 is 0 Å². The number of hydrogen-bond acceptors (Lipinski definition) is 4. The second-order valence-electron chi connectivity index (χ2n) is 3.89. The predicted octanol–water partition coefficient (Wildman–Crippen LogP) is 1.89. The Kier molecular flexibility index (Phi) is 4.39. The lowest BCUT2D eigenvalue weighted by molar-refractivity contribution is 0.0922. The van der Waals surface area contributed by atoms with E-state index < -0.39 is 0 Å². The lowest BCUT2D eigenvalue weighted by Gasteiger charge is -2.01. The molecule has 2 rings (SSSR count). The quantitative estimate of drug-likeness (QED) is 0.840. The third kappa shape index (κ3) is 3.47. The third-order valence-corrected chi connectivity index (χ3v) is 3.47. The Morgan fingerprint density at radius 3 is 3.00 bits per heavy atom. The molecule has 0 radical (unpaired) electrons. The van der Waals surface area contributed by atoms with Crippen molar-refractivity contribution in [1.82, 2.24) is 5.32 Å². The Bertz CT molecular complexity index is 631. The second-order valence-corrected chi connectivity index (χ2v) is 5.06. The van der Waals surface area contributed by atoms with E-state index in [4.69, 9.17) is 10.2 Å². The van der Waals surface area contributed by atoms with Gasteiger partial charge in [-0.1, -0.05) is 11.8 Å². The van der Waals surface area contributed by atoms with Crippen molar-refractivity contribution < 1.29 is 9.21 Å². The van der Waals surface area contributed by atoms with Crippen molar-refractivity contribution in [2.24, 2.45) is 5.73 Å². The summed E-state index contributed by atoms with van der Waals surface area (Å²) >= 11 is 1.54. The van der Waals surface area contributed by atoms with E-state index in [1.54, 1.807) is 17.4 Å². The van der Waals surface area contributed by atoms with Crippen LogP contribution in [-0.4, -0.2) is 12.5 Å². The van der Waals surface area contributed by atoms with Crippen LogP contribution in [0.1, 0.15) is 25.9 Å². The van der Waals surface area contributed by atoms with Gasteiger partial charge in [0.15, 0.2) is 5.76 Å². The van der Waals surface area contributed by atoms with Gasteiger partial charge >= 0.3 is 0 Å². The van der Waals surface area contributed by atoms with Crippen molar-refractivity contribution in [3.8, 4) is 11.8 Å². The number of rotatable bonds is 3. The molecule has 0 atom stereocenters. The van der Waals surface area contributed by atoms with E-state index in [9.17, 15) is 4.79 Å². The lowest BCUT2D eigenvalue weighted by atomic mass is 10.2. The molecule has 0 bridgehead atoms. The molecule has 98 valence electrons. The van der Waals surface area contributed by atoms with Gasteiger partial charge in [0.25, 0.3) is 5.91 Å². The Labute approximate surface area is 115 Å². The predicted molar refractivity (Wildman–Crippen MR) is 74.9 cm³/mol. The molecule has 3 N–H and O–H groups in total. The van der Waals surface area contributed by atoms with Gasteiger partial charge in [-0.15, -0.1) is 11.3 Å². The number of thiophene rings is 1. The van der Waals surface area contributed by atoms with Gasteiger partial charge in [-0.25, -0.2) is 0 Å². The van der Waals surface area contributed by atoms with E-state index in [0.717, 1.165) is 15.3 Å². The normalized spacial score (nSPS) is 9.79. The summed E-state index contributed by atoms with van der Waals surface area (Å²) in [5.41, 5.74) is 6.15. The monoisotopic (exact) mass is 274 g/mol. The largest absolute Gasteiger partial charge is 0.459 e. The number of carbonyl (C=O) groups is 1. The molecule has 19 heavy (non-hydrogen) atoms. The fraction of sp³-hybridized carbons (Fsp3) is 0.214. The van der Waals surface area contributed by atoms with Gasteiger partial charge < -0.3 is 15.5 Å². The Morgan fingerprint density at radius 1 is 1.47 bits per heavy atom. The smallest absolute Gasteiger partial charge is 0.287 e. The summed E-state index contributed by atoms with van der Waals surface area (Å²) in [7, 11) is 0. The van der Waals surface area contributed by atoms with Crippen LogP contribution in [0.2, 0.25) is 0 Å². The highest BCUT2D eigenvalue weighted by Crippen LogP contribution is 2.15. The second kappa shape index (κ2) is 6.23. The molecule has 0 fully saturated rings. The summed E-state index contributed by atoms with van der Waals surface area (Å²) < 4.78 is 5.13. The molecule has 5 heteroatoms. The van der Waals surface area contributed by atoms with Gasteiger partial charge in [0.2, 0.25) is 0 Å². The summed E-state index contributed by atoms with van der Waals surface area (Å²) in [4.78, 5) is 13.8. The van der Waals surface area contributed by atoms with Crippen LogP contribution < -0.4 is 11.1 Å². The molecular formula is C14H14N2O2S. The lowest BCUT2D eigenvalue weighted by Crippen LogP contribution is -2.22. The number of nitrogens with two attached hydrogens (primary N) is 1. The molecule has 0 spiro atoms. The van der Waals surface area contributed by atoms with Crippen LogP contribution >= 0.6 is 11.3 Å². The zero-order valence-corrected chi connectivity index (χ0v) is 11.3. The number of amides is 1. The molecule has 2 heterocycles. The maximum atomic E-state index is 11.8. The first-order valence-electron chi connectivity index (χ1n) is 5.80. The fourth-order valence-corrected chi connectivity index (χ4v) is 2.35. The van der Waals surface area contributed by atoms with E-state index in [-0.39, 0.29) is 5.91 Å². The molecule has 0 aliphatic rings. The highest BCUT2D eigenvalue weighted by Gasteiger charge is 2.12. The van der Waals surface area contributed by atoms with Crippen molar-refractivity contribution in [1.29, 1.82) is 0 Å². The molecule has 2 aromatic heterocycles. The Morgan fingerprint density at radius 2 is 2.32 bits per heavy atom. The minimum absolute atomic E-state index is 0.203. The van der Waals surface area contributed by atoms with Crippen molar-refractivity contribution in [3.05, 3.63) is 45.5 Å². The van der Waals surface area contributed by atoms with E-state index in [1.165, 1.54) is 6.26 Å². The maximum absolute atomic E-state index is 11.8. The van der Waals surface area contributed by atoms with Crippen LogP contribution in [-0.2, 0) is 6.54 Å². The molecule has 1 amide bonds. The number of hydrogen-bond donors (Lipinski definition) is 2. The van der Waals surface area contributed by atoms with E-state index in [2.05, 4.69) is 17.2 Å². The first-order chi connectivity index (χ1) is 9.20. The molecule has 4 nitrogen and oxygen atoms in total. The van der Waals surface area contributed by atoms with Crippen molar-refractivity contribution in [2.45, 2.75) is 13.5 Å². The number of furan rings is 1. The molecule has 0 saturated heterocycles. The van der Waals surface area contributed by atoms with Gasteiger partial charge in [-0.05, 0) is 25.1 Å². The van der Waals surface area contributed by atoms with E-state index in [0.29, 0.717) is 18.8 Å². The fourth-order valence-electron chi connectivity index (χ4n) is 1.53. The number of aryl methyl sites for hydroxylation is 1. The summed E-state index contributed by atoms with van der Waals surface area (Å²) in [5, 5.41) is 2.82. The summed E-state index contributed by atoms with van der Waals surface area (Å²) in [6.45, 7) is 2.65. The van der Waals surface area contributed by atoms with Gasteiger partial charge in [0.05, 0.1) is 24.2 Å². The van der Waals surface area contributed by atoms with Crippen molar-refractivity contribution in [2.75, 3.05) is 6.54 Å². The molecular weight excluding hydrogens is 260 g/mol. The summed E-state index contributed by atoms with van der Waals surface area (Å²) in [5.74, 6) is 5.92. The highest BCUT2D eigenvalue weighted by atomic mass is 32.1. The minimum atomic E-state index is -0.203. The van der Waals surface area contributed by atoms with Crippen LogP contribution in [0.15, 0.2) is 28.9 Å². The minimum Gasteiger partial charge on any atom is -0.459 e. The van der Waals surface area contributed by atoms with Crippen LogP contribution in [0.25, 0.3) is 0 Å². The Balaban J connectivity index is 1.94. The molecule has 0 aromatic carbocycles. The average molecular weight is 274 g/mol. The zero-order chi connectivity index (χ0) is 13.7. The van der Waals surface area contributed by atoms with Crippen LogP contribution in [0.5, 0.6) is 0 Å². The van der Waals surface area contributed by atoms with E-state index in [1.807, 2.05) is 19.1 Å². The van der Waals surface area contributed by atoms with Crippen LogP contribution in [0.4, 0.5) is 0 Å². The van der Waals surface area contributed by atoms with Crippen molar-refractivity contribution in [3.63, 3.8) is 0 Å². The van der Waals surface area contributed by atoms with Gasteiger partial charge in [0, 0.05) is 10.4 Å². The summed E-state index contributed by atoms with van der Waals surface area (Å²) in [6.07, 6.45) is 1.51. The first kappa shape index (κ1) is 13.4. The van der Waals surface area contributed by atoms with Gasteiger partial charge in [-0.3, -0.25) is 4.79 Å². The standard InChI is InChI=1S/C14H14N2O2S/c1-10-6-8-18-13(10)14(17)16-9-12-5-4-11(19-12)3-2-7-15/h4-6,8H,7,9,15H2,1H3,(H,16,17). The van der Waals surface area contributed by atoms with Gasteiger partial charge in [0.1, 0.15) is 0 Å². The molecule has 0 saturated carbocycles.